The van der Waals surface area contributed by atoms with E-state index in [2.05, 4.69) is 21.4 Å². The average molecular weight is 520 g/mol. The van der Waals surface area contributed by atoms with E-state index in [1.807, 2.05) is 13.0 Å². The minimum atomic E-state index is -3.85. The summed E-state index contributed by atoms with van der Waals surface area (Å²) in [5, 5.41) is 20.2. The van der Waals surface area contributed by atoms with Crippen LogP contribution in [0.2, 0.25) is 0 Å². The SMILES string of the molecule is Cc1cc(Cn2c(=O)n(-c3nnc(C(F)F)s3)c3cc(S(=O)(=O)CC4(C#N)CC4)ccc32)n(C)n1. The lowest BCUT2D eigenvalue weighted by Gasteiger charge is -2.09. The molecule has 3 heterocycles. The molecule has 5 rings (SSSR count). The number of rotatable bonds is 7. The van der Waals surface area contributed by atoms with Gasteiger partial charge >= 0.3 is 5.69 Å². The Morgan fingerprint density at radius 2 is 1.97 bits per heavy atom. The van der Waals surface area contributed by atoms with Crippen LogP contribution in [0.15, 0.2) is 34.0 Å². The van der Waals surface area contributed by atoms with E-state index in [1.165, 1.54) is 22.8 Å². The van der Waals surface area contributed by atoms with E-state index in [0.29, 0.717) is 29.7 Å². The van der Waals surface area contributed by atoms with Gasteiger partial charge in [0.1, 0.15) is 0 Å². The molecule has 4 aromatic rings. The number of sulfone groups is 1. The molecule has 35 heavy (non-hydrogen) atoms. The second kappa shape index (κ2) is 8.06. The van der Waals surface area contributed by atoms with E-state index < -0.39 is 32.4 Å². The molecular weight excluding hydrogens is 500 g/mol. The van der Waals surface area contributed by atoms with Crippen molar-refractivity contribution in [2.24, 2.45) is 12.5 Å². The summed E-state index contributed by atoms with van der Waals surface area (Å²) in [7, 11) is -2.11. The van der Waals surface area contributed by atoms with Crippen molar-refractivity contribution in [3.05, 3.63) is 51.1 Å². The highest BCUT2D eigenvalue weighted by molar-refractivity contribution is 7.91. The van der Waals surface area contributed by atoms with Gasteiger partial charge in [-0.2, -0.15) is 10.4 Å². The first-order valence-electron chi connectivity index (χ1n) is 10.5. The van der Waals surface area contributed by atoms with Gasteiger partial charge in [-0.05, 0) is 44.0 Å². The molecule has 1 aliphatic rings. The predicted octanol–water partition coefficient (Wildman–Crippen LogP) is 2.75. The van der Waals surface area contributed by atoms with Crippen molar-refractivity contribution in [3.63, 3.8) is 0 Å². The van der Waals surface area contributed by atoms with E-state index in [4.69, 9.17) is 0 Å². The van der Waals surface area contributed by atoms with Crippen LogP contribution in [0, 0.1) is 23.7 Å². The van der Waals surface area contributed by atoms with Crippen molar-refractivity contribution in [2.45, 2.75) is 37.6 Å². The van der Waals surface area contributed by atoms with Gasteiger partial charge in [0, 0.05) is 7.05 Å². The topological polar surface area (TPSA) is 128 Å². The first-order valence-corrected chi connectivity index (χ1v) is 13.0. The quantitative estimate of drug-likeness (QED) is 0.367. The number of hydrogen-bond donors (Lipinski definition) is 0. The first-order chi connectivity index (χ1) is 16.5. The van der Waals surface area contributed by atoms with Gasteiger partial charge in [0.2, 0.25) is 5.13 Å². The summed E-state index contributed by atoms with van der Waals surface area (Å²) in [5.41, 5.74) is 0.584. The molecule has 0 spiro atoms. The van der Waals surface area contributed by atoms with Crippen LogP contribution in [-0.4, -0.2) is 43.3 Å². The fourth-order valence-electron chi connectivity index (χ4n) is 4.03. The summed E-state index contributed by atoms with van der Waals surface area (Å²) < 4.78 is 56.6. The number of benzene rings is 1. The lowest BCUT2D eigenvalue weighted by molar-refractivity contribution is 0.150. The maximum absolute atomic E-state index is 13.5. The number of fused-ring (bicyclic) bond motifs is 1. The van der Waals surface area contributed by atoms with Crippen LogP contribution in [0.25, 0.3) is 16.2 Å². The van der Waals surface area contributed by atoms with Crippen LogP contribution in [0.3, 0.4) is 0 Å². The highest BCUT2D eigenvalue weighted by atomic mass is 32.2. The minimum absolute atomic E-state index is 0.0626. The van der Waals surface area contributed by atoms with Crippen molar-refractivity contribution in [1.82, 2.24) is 29.1 Å². The molecule has 182 valence electrons. The Hall–Kier alpha value is -3.44. The molecule has 3 aromatic heterocycles. The third kappa shape index (κ3) is 4.04. The molecular formula is C21H19F2N7O3S2. The van der Waals surface area contributed by atoms with E-state index in [-0.39, 0.29) is 27.8 Å². The van der Waals surface area contributed by atoms with Crippen LogP contribution in [0.5, 0.6) is 0 Å². The summed E-state index contributed by atoms with van der Waals surface area (Å²) in [5.74, 6) is -0.324. The maximum Gasteiger partial charge on any atom is 0.335 e. The Morgan fingerprint density at radius 1 is 1.23 bits per heavy atom. The number of alkyl halides is 2. The van der Waals surface area contributed by atoms with Gasteiger partial charge in [0.15, 0.2) is 14.8 Å². The second-order valence-electron chi connectivity index (χ2n) is 8.63. The van der Waals surface area contributed by atoms with Crippen molar-refractivity contribution in [3.8, 4) is 11.2 Å². The molecule has 0 amide bonds. The summed E-state index contributed by atoms with van der Waals surface area (Å²) in [6, 6.07) is 8.12. The fourth-order valence-corrected chi connectivity index (χ4v) is 6.56. The number of nitrogens with zero attached hydrogens (tertiary/aromatic N) is 7. The van der Waals surface area contributed by atoms with E-state index in [1.54, 1.807) is 11.7 Å². The van der Waals surface area contributed by atoms with Crippen LogP contribution in [0.4, 0.5) is 8.78 Å². The van der Waals surface area contributed by atoms with Gasteiger partial charge < -0.3 is 0 Å². The highest BCUT2D eigenvalue weighted by Gasteiger charge is 2.47. The maximum atomic E-state index is 13.5. The van der Waals surface area contributed by atoms with E-state index in [0.717, 1.165) is 16.0 Å². The summed E-state index contributed by atoms with van der Waals surface area (Å²) >= 11 is 0.554. The fraction of sp³-hybridized carbons (Fsp3) is 0.381. The van der Waals surface area contributed by atoms with Crippen molar-refractivity contribution in [1.29, 1.82) is 5.26 Å². The highest BCUT2D eigenvalue weighted by Crippen LogP contribution is 2.47. The van der Waals surface area contributed by atoms with Gasteiger partial charge in [0.25, 0.3) is 6.43 Å². The Morgan fingerprint density at radius 3 is 2.54 bits per heavy atom. The lowest BCUT2D eigenvalue weighted by atomic mass is 10.2. The van der Waals surface area contributed by atoms with E-state index in [9.17, 15) is 27.3 Å². The van der Waals surface area contributed by atoms with Crippen LogP contribution in [-0.2, 0) is 23.4 Å². The van der Waals surface area contributed by atoms with Crippen LogP contribution >= 0.6 is 11.3 Å². The average Bonchev–Trinajstić information content (AvgIpc) is 3.12. The zero-order valence-electron chi connectivity index (χ0n) is 18.6. The first kappa shape index (κ1) is 23.3. The molecule has 0 atom stereocenters. The molecule has 0 radical (unpaired) electrons. The summed E-state index contributed by atoms with van der Waals surface area (Å²) in [6.07, 6.45) is -1.84. The second-order valence-corrected chi connectivity index (χ2v) is 11.6. The van der Waals surface area contributed by atoms with Gasteiger partial charge in [-0.25, -0.2) is 26.6 Å². The number of aromatic nitrogens is 6. The third-order valence-corrected chi connectivity index (χ3v) is 8.86. The third-order valence-electron chi connectivity index (χ3n) is 6.04. The number of hydrogen-bond acceptors (Lipinski definition) is 8. The summed E-state index contributed by atoms with van der Waals surface area (Å²) in [6.45, 7) is 1.93. The van der Waals surface area contributed by atoms with Gasteiger partial charge in [-0.1, -0.05) is 11.3 Å². The number of nitriles is 1. The molecule has 14 heteroatoms. The Labute approximate surface area is 202 Å². The Balaban J connectivity index is 1.69. The molecule has 0 unspecified atom stereocenters. The minimum Gasteiger partial charge on any atom is -0.286 e. The van der Waals surface area contributed by atoms with Gasteiger partial charge in [0.05, 0.1) is 51.1 Å². The van der Waals surface area contributed by atoms with Crippen LogP contribution in [0.1, 0.15) is 35.7 Å². The molecule has 1 fully saturated rings. The molecule has 1 saturated carbocycles. The number of halogens is 2. The van der Waals surface area contributed by atoms with E-state index >= 15 is 0 Å². The van der Waals surface area contributed by atoms with Crippen molar-refractivity contribution < 1.29 is 17.2 Å². The molecule has 0 N–H and O–H groups in total. The normalized spacial score (nSPS) is 15.1. The molecule has 0 aliphatic heterocycles. The van der Waals surface area contributed by atoms with Gasteiger partial charge in [-0.3, -0.25) is 9.25 Å². The van der Waals surface area contributed by atoms with Crippen LogP contribution < -0.4 is 5.69 Å². The Kier molecular flexibility index (Phi) is 5.37. The molecule has 0 saturated heterocycles. The molecule has 0 bridgehead atoms. The lowest BCUT2D eigenvalue weighted by Crippen LogP contribution is -2.24. The zero-order valence-corrected chi connectivity index (χ0v) is 20.3. The smallest absolute Gasteiger partial charge is 0.286 e. The summed E-state index contributed by atoms with van der Waals surface area (Å²) in [4.78, 5) is 13.4. The standard InChI is InChI=1S/C21H19F2N7O3S2/c1-12-7-13(28(2)27-12)9-29-15-4-3-14(35(32,33)11-21(10-24)5-6-21)8-16(15)30(20(29)31)19-26-25-18(34-19)17(22)23/h3-4,7-8,17H,5-6,9,11H2,1-2H3. The van der Waals surface area contributed by atoms with Crippen molar-refractivity contribution >= 4 is 32.2 Å². The zero-order chi connectivity index (χ0) is 25.1. The predicted molar refractivity (Wildman–Crippen MR) is 122 cm³/mol. The number of aryl methyl sites for hydroxylation is 2. The molecule has 10 nitrogen and oxygen atoms in total. The van der Waals surface area contributed by atoms with Crippen molar-refractivity contribution in [2.75, 3.05) is 5.75 Å². The monoisotopic (exact) mass is 519 g/mol. The molecule has 1 aromatic carbocycles. The molecule has 1 aliphatic carbocycles. The van der Waals surface area contributed by atoms with Gasteiger partial charge in [-0.15, -0.1) is 10.2 Å². The Bertz CT molecular complexity index is 1670. The number of imidazole rings is 1. The largest absolute Gasteiger partial charge is 0.335 e.